The number of aromatic nitrogens is 1. The van der Waals surface area contributed by atoms with Crippen LogP contribution >= 0.6 is 0 Å². The maximum Gasteiger partial charge on any atom is 0.259 e. The number of pyridine rings is 1. The summed E-state index contributed by atoms with van der Waals surface area (Å²) in [6.07, 6.45) is 1.46. The molecule has 5 heteroatoms. The van der Waals surface area contributed by atoms with Crippen molar-refractivity contribution in [2.24, 2.45) is 0 Å². The van der Waals surface area contributed by atoms with E-state index in [1.54, 1.807) is 11.0 Å². The second-order valence-electron chi connectivity index (χ2n) is 7.39. The Balaban J connectivity index is 2.52. The van der Waals surface area contributed by atoms with Crippen LogP contribution in [0.1, 0.15) is 41.2 Å². The molecule has 152 valence electrons. The number of carbonyl (C=O) groups excluding carboxylic acids is 1. The number of nitrogens with zero attached hydrogens (tertiary/aromatic N) is 3. The Morgan fingerprint density at radius 2 is 1.68 bits per heavy atom. The number of hydrogen-bond acceptors (Lipinski definition) is 3. The van der Waals surface area contributed by atoms with E-state index in [9.17, 15) is 9.59 Å². The van der Waals surface area contributed by atoms with Crippen LogP contribution in [0.4, 0.5) is 0 Å². The van der Waals surface area contributed by atoms with Gasteiger partial charge in [0.1, 0.15) is 5.56 Å². The Kier molecular flexibility index (Phi) is 8.00. The Bertz CT molecular complexity index is 837. The normalized spacial score (nSPS) is 11.1. The van der Waals surface area contributed by atoms with Crippen molar-refractivity contribution in [2.45, 2.75) is 40.2 Å². The van der Waals surface area contributed by atoms with Gasteiger partial charge in [0.25, 0.3) is 5.91 Å². The van der Waals surface area contributed by atoms with Gasteiger partial charge >= 0.3 is 0 Å². The summed E-state index contributed by atoms with van der Waals surface area (Å²) in [5, 5.41) is 0. The van der Waals surface area contributed by atoms with Gasteiger partial charge in [0.15, 0.2) is 5.43 Å². The molecule has 0 radical (unpaired) electrons. The van der Waals surface area contributed by atoms with Gasteiger partial charge in [-0.05, 0) is 53.3 Å². The summed E-state index contributed by atoms with van der Waals surface area (Å²) in [6.45, 7) is 8.64. The molecular weight excluding hydrogens is 350 g/mol. The topological polar surface area (TPSA) is 45.6 Å². The zero-order valence-electron chi connectivity index (χ0n) is 17.9. The lowest BCUT2D eigenvalue weighted by molar-refractivity contribution is 0.0769. The molecule has 0 bridgehead atoms. The number of likely N-dealkylation sites (N-methyl/N-ethyl adjacent to an activating group) is 1. The molecule has 1 aromatic heterocycles. The minimum absolute atomic E-state index is 0.156. The molecule has 2 rings (SSSR count). The highest BCUT2D eigenvalue weighted by atomic mass is 16.2. The zero-order valence-corrected chi connectivity index (χ0v) is 17.9. The molecule has 0 saturated heterocycles. The van der Waals surface area contributed by atoms with Gasteiger partial charge in [0.05, 0.1) is 0 Å². The molecule has 0 aliphatic rings. The van der Waals surface area contributed by atoms with Crippen molar-refractivity contribution in [3.63, 3.8) is 0 Å². The first kappa shape index (κ1) is 21.9. The Morgan fingerprint density at radius 1 is 1.04 bits per heavy atom. The number of amides is 1. The predicted octanol–water partition coefficient (Wildman–Crippen LogP) is 2.99. The average molecular weight is 384 g/mol. The van der Waals surface area contributed by atoms with Crippen LogP contribution in [0, 0.1) is 6.92 Å². The molecular formula is C23H33N3O2. The molecule has 1 aromatic carbocycles. The molecule has 5 nitrogen and oxygen atoms in total. The first-order chi connectivity index (χ1) is 13.4. The lowest BCUT2D eigenvalue weighted by atomic mass is 10.0. The smallest absolute Gasteiger partial charge is 0.259 e. The monoisotopic (exact) mass is 383 g/mol. The third kappa shape index (κ3) is 5.32. The van der Waals surface area contributed by atoms with E-state index in [1.807, 2.05) is 53.1 Å². The molecule has 0 N–H and O–H groups in total. The fourth-order valence-electron chi connectivity index (χ4n) is 3.51. The maximum absolute atomic E-state index is 13.2. The summed E-state index contributed by atoms with van der Waals surface area (Å²) in [6, 6.07) is 11.8. The first-order valence-electron chi connectivity index (χ1n) is 10.1. The second-order valence-corrected chi connectivity index (χ2v) is 7.39. The summed E-state index contributed by atoms with van der Waals surface area (Å²) >= 11 is 0. The van der Waals surface area contributed by atoms with Crippen LogP contribution in [-0.4, -0.2) is 54.0 Å². The molecule has 28 heavy (non-hydrogen) atoms. The molecule has 0 unspecified atom stereocenters. The van der Waals surface area contributed by atoms with Gasteiger partial charge in [-0.3, -0.25) is 9.59 Å². The van der Waals surface area contributed by atoms with Gasteiger partial charge in [-0.1, -0.05) is 30.3 Å². The average Bonchev–Trinajstić information content (AvgIpc) is 2.67. The van der Waals surface area contributed by atoms with Crippen molar-refractivity contribution >= 4 is 5.91 Å². The van der Waals surface area contributed by atoms with E-state index in [1.165, 1.54) is 5.56 Å². The summed E-state index contributed by atoms with van der Waals surface area (Å²) in [4.78, 5) is 29.9. The van der Waals surface area contributed by atoms with Crippen LogP contribution in [0.25, 0.3) is 0 Å². The van der Waals surface area contributed by atoms with Crippen molar-refractivity contribution in [3.8, 4) is 0 Å². The molecule has 1 heterocycles. The lowest BCUT2D eigenvalue weighted by Crippen LogP contribution is -2.37. The van der Waals surface area contributed by atoms with E-state index < -0.39 is 0 Å². The molecule has 0 spiro atoms. The third-order valence-electron chi connectivity index (χ3n) is 5.16. The van der Waals surface area contributed by atoms with Crippen LogP contribution < -0.4 is 5.43 Å². The SMILES string of the molecule is CCN(CC)C(=O)c1c(CCc2ccccc2)n(CCN(C)C)c(C)cc1=O. The highest BCUT2D eigenvalue weighted by molar-refractivity contribution is 5.95. The summed E-state index contributed by atoms with van der Waals surface area (Å²) < 4.78 is 2.15. The molecule has 0 saturated carbocycles. The minimum atomic E-state index is -0.168. The standard InChI is InChI=1S/C23H33N3O2/c1-6-25(7-2)23(28)22-20(14-13-19-11-9-8-10-12-19)26(16-15-24(4)5)18(3)17-21(22)27/h8-12,17H,6-7,13-16H2,1-5H3. The molecule has 2 aromatic rings. The number of carbonyl (C=O) groups is 1. The van der Waals surface area contributed by atoms with E-state index in [4.69, 9.17) is 0 Å². The molecule has 0 atom stereocenters. The molecule has 0 aliphatic carbocycles. The van der Waals surface area contributed by atoms with Gasteiger partial charge < -0.3 is 14.4 Å². The number of benzene rings is 1. The second kappa shape index (κ2) is 10.2. The van der Waals surface area contributed by atoms with Gasteiger partial charge in [-0.2, -0.15) is 0 Å². The van der Waals surface area contributed by atoms with Crippen molar-refractivity contribution in [3.05, 3.63) is 69.1 Å². The fraction of sp³-hybridized carbons (Fsp3) is 0.478. The molecule has 0 aliphatic heterocycles. The summed E-state index contributed by atoms with van der Waals surface area (Å²) in [7, 11) is 4.06. The Labute approximate surface area is 168 Å². The number of hydrogen-bond donors (Lipinski definition) is 0. The van der Waals surface area contributed by atoms with E-state index in [0.29, 0.717) is 25.1 Å². The first-order valence-corrected chi connectivity index (χ1v) is 10.1. The van der Waals surface area contributed by atoms with E-state index >= 15 is 0 Å². The predicted molar refractivity (Wildman–Crippen MR) is 115 cm³/mol. The lowest BCUT2D eigenvalue weighted by Gasteiger charge is -2.24. The van der Waals surface area contributed by atoms with Crippen LogP contribution in [-0.2, 0) is 19.4 Å². The highest BCUT2D eigenvalue weighted by Gasteiger charge is 2.23. The maximum atomic E-state index is 13.2. The van der Waals surface area contributed by atoms with E-state index in [-0.39, 0.29) is 11.3 Å². The van der Waals surface area contributed by atoms with Crippen LogP contribution in [0.2, 0.25) is 0 Å². The summed E-state index contributed by atoms with van der Waals surface area (Å²) in [5.41, 5.74) is 3.14. The quantitative estimate of drug-likeness (QED) is 0.669. The Morgan fingerprint density at radius 3 is 2.25 bits per heavy atom. The fourth-order valence-corrected chi connectivity index (χ4v) is 3.51. The number of aryl methyl sites for hydroxylation is 2. The van der Waals surface area contributed by atoms with Gasteiger partial charge in [0, 0.05) is 43.6 Å². The van der Waals surface area contributed by atoms with Crippen molar-refractivity contribution in [2.75, 3.05) is 33.7 Å². The van der Waals surface area contributed by atoms with E-state index in [2.05, 4.69) is 21.6 Å². The van der Waals surface area contributed by atoms with Crippen LogP contribution in [0.3, 0.4) is 0 Å². The van der Waals surface area contributed by atoms with Crippen molar-refractivity contribution in [1.82, 2.24) is 14.4 Å². The molecule has 0 fully saturated rings. The third-order valence-corrected chi connectivity index (χ3v) is 5.16. The molecule has 1 amide bonds. The van der Waals surface area contributed by atoms with Crippen molar-refractivity contribution in [1.29, 1.82) is 0 Å². The largest absolute Gasteiger partial charge is 0.347 e. The zero-order chi connectivity index (χ0) is 20.7. The Hall–Kier alpha value is -2.40. The van der Waals surface area contributed by atoms with Crippen molar-refractivity contribution < 1.29 is 4.79 Å². The van der Waals surface area contributed by atoms with Crippen LogP contribution in [0.5, 0.6) is 0 Å². The minimum Gasteiger partial charge on any atom is -0.347 e. The summed E-state index contributed by atoms with van der Waals surface area (Å²) in [5.74, 6) is -0.156. The highest BCUT2D eigenvalue weighted by Crippen LogP contribution is 2.15. The van der Waals surface area contributed by atoms with Gasteiger partial charge in [-0.25, -0.2) is 0 Å². The van der Waals surface area contributed by atoms with E-state index in [0.717, 1.165) is 30.9 Å². The van der Waals surface area contributed by atoms with Crippen LogP contribution in [0.15, 0.2) is 41.2 Å². The number of rotatable bonds is 9. The van der Waals surface area contributed by atoms with Gasteiger partial charge in [0.2, 0.25) is 0 Å². The van der Waals surface area contributed by atoms with Gasteiger partial charge in [-0.15, -0.1) is 0 Å².